The normalized spacial score (nSPS) is 10.2. The zero-order valence-electron chi connectivity index (χ0n) is 15.0. The minimum atomic E-state index is -0.635. The maximum absolute atomic E-state index is 11.9. The molecule has 5 heteroatoms. The summed E-state index contributed by atoms with van der Waals surface area (Å²) >= 11 is 0. The number of carbonyl (C=O) groups is 2. The largest absolute Gasteiger partial charge is 0.378 e. The molecule has 0 aliphatic carbocycles. The van der Waals surface area contributed by atoms with Crippen molar-refractivity contribution in [2.75, 3.05) is 30.9 Å². The van der Waals surface area contributed by atoms with E-state index in [0.29, 0.717) is 12.2 Å². The highest BCUT2D eigenvalue weighted by Crippen LogP contribution is 2.14. The van der Waals surface area contributed by atoms with Crippen LogP contribution in [0.1, 0.15) is 17.5 Å². The molecule has 0 spiro atoms. The molecule has 0 unspecified atom stereocenters. The standard InChI is InChI=1S/C20H25N3O2/c1-15-7-4-5-9-18(15)22-20(25)19(24)21-14-6-8-16-10-12-17(13-11-16)23(2)3/h4-5,7,9-13H,6,8,14H2,1-3H3,(H,21,24)(H,22,25). The quantitative estimate of drug-likeness (QED) is 0.628. The Kier molecular flexibility index (Phi) is 6.57. The van der Waals surface area contributed by atoms with Crippen LogP contribution in [-0.4, -0.2) is 32.5 Å². The summed E-state index contributed by atoms with van der Waals surface area (Å²) in [5.41, 5.74) is 3.95. The Bertz CT molecular complexity index is 724. The molecule has 0 aliphatic rings. The van der Waals surface area contributed by atoms with Gasteiger partial charge in [0.1, 0.15) is 0 Å². The number of hydrogen-bond acceptors (Lipinski definition) is 3. The van der Waals surface area contributed by atoms with Crippen molar-refractivity contribution in [3.05, 3.63) is 59.7 Å². The Labute approximate surface area is 149 Å². The number of carbonyl (C=O) groups excluding carboxylic acids is 2. The van der Waals surface area contributed by atoms with Crippen LogP contribution in [0.2, 0.25) is 0 Å². The molecule has 0 aliphatic heterocycles. The van der Waals surface area contributed by atoms with Crippen LogP contribution < -0.4 is 15.5 Å². The third-order valence-corrected chi connectivity index (χ3v) is 3.98. The van der Waals surface area contributed by atoms with Crippen LogP contribution in [0.5, 0.6) is 0 Å². The highest BCUT2D eigenvalue weighted by molar-refractivity contribution is 6.39. The predicted molar refractivity (Wildman–Crippen MR) is 102 cm³/mol. The molecule has 132 valence electrons. The molecule has 2 rings (SSSR count). The van der Waals surface area contributed by atoms with E-state index in [0.717, 1.165) is 24.1 Å². The van der Waals surface area contributed by atoms with Crippen LogP contribution >= 0.6 is 0 Å². The Balaban J connectivity index is 1.73. The SMILES string of the molecule is Cc1ccccc1NC(=O)C(=O)NCCCc1ccc(N(C)C)cc1. The zero-order chi connectivity index (χ0) is 18.2. The van der Waals surface area contributed by atoms with Gasteiger partial charge in [0, 0.05) is 32.0 Å². The fourth-order valence-electron chi connectivity index (χ4n) is 2.43. The number of nitrogens with zero attached hydrogens (tertiary/aromatic N) is 1. The molecule has 5 nitrogen and oxygen atoms in total. The number of para-hydroxylation sites is 1. The first-order chi connectivity index (χ1) is 12.0. The van der Waals surface area contributed by atoms with Crippen LogP contribution in [0.3, 0.4) is 0 Å². The lowest BCUT2D eigenvalue weighted by Crippen LogP contribution is -2.36. The molecule has 0 saturated heterocycles. The number of nitrogens with one attached hydrogen (secondary N) is 2. The molecular weight excluding hydrogens is 314 g/mol. The first-order valence-electron chi connectivity index (χ1n) is 8.38. The van der Waals surface area contributed by atoms with Crippen molar-refractivity contribution in [2.24, 2.45) is 0 Å². The van der Waals surface area contributed by atoms with Crippen molar-refractivity contribution in [1.29, 1.82) is 0 Å². The summed E-state index contributed by atoms with van der Waals surface area (Å²) in [6.45, 7) is 2.35. The van der Waals surface area contributed by atoms with Gasteiger partial charge in [-0.1, -0.05) is 30.3 Å². The maximum Gasteiger partial charge on any atom is 0.313 e. The van der Waals surface area contributed by atoms with Gasteiger partial charge in [-0.2, -0.15) is 0 Å². The van der Waals surface area contributed by atoms with Crippen LogP contribution in [0.15, 0.2) is 48.5 Å². The fourth-order valence-corrected chi connectivity index (χ4v) is 2.43. The molecule has 2 N–H and O–H groups in total. The summed E-state index contributed by atoms with van der Waals surface area (Å²) in [5, 5.41) is 5.29. The molecule has 0 bridgehead atoms. The van der Waals surface area contributed by atoms with E-state index in [1.54, 1.807) is 6.07 Å². The Morgan fingerprint density at radius 1 is 0.960 bits per heavy atom. The second kappa shape index (κ2) is 8.87. The number of amides is 2. The van der Waals surface area contributed by atoms with Gasteiger partial charge in [0.2, 0.25) is 0 Å². The average molecular weight is 339 g/mol. The third-order valence-electron chi connectivity index (χ3n) is 3.98. The lowest BCUT2D eigenvalue weighted by Gasteiger charge is -2.12. The van der Waals surface area contributed by atoms with Gasteiger partial charge in [-0.3, -0.25) is 9.59 Å². The van der Waals surface area contributed by atoms with E-state index < -0.39 is 11.8 Å². The fraction of sp³-hybridized carbons (Fsp3) is 0.300. The third kappa shape index (κ3) is 5.64. The summed E-state index contributed by atoms with van der Waals surface area (Å²) in [4.78, 5) is 25.8. The lowest BCUT2D eigenvalue weighted by molar-refractivity contribution is -0.136. The summed E-state index contributed by atoms with van der Waals surface area (Å²) < 4.78 is 0. The van der Waals surface area contributed by atoms with Gasteiger partial charge in [0.25, 0.3) is 0 Å². The van der Waals surface area contributed by atoms with E-state index in [4.69, 9.17) is 0 Å². The number of rotatable bonds is 6. The van der Waals surface area contributed by atoms with Gasteiger partial charge in [0.05, 0.1) is 0 Å². The van der Waals surface area contributed by atoms with Gasteiger partial charge >= 0.3 is 11.8 Å². The molecule has 0 aromatic heterocycles. The minimum absolute atomic E-state index is 0.468. The van der Waals surface area contributed by atoms with Crippen molar-refractivity contribution in [3.8, 4) is 0 Å². The molecule has 25 heavy (non-hydrogen) atoms. The number of anilines is 2. The Morgan fingerprint density at radius 3 is 2.28 bits per heavy atom. The highest BCUT2D eigenvalue weighted by atomic mass is 16.2. The average Bonchev–Trinajstić information content (AvgIpc) is 2.60. The molecular formula is C20H25N3O2. The summed E-state index contributed by atoms with van der Waals surface area (Å²) in [5.74, 6) is -1.24. The van der Waals surface area contributed by atoms with E-state index in [-0.39, 0.29) is 0 Å². The Morgan fingerprint density at radius 2 is 1.64 bits per heavy atom. The zero-order valence-corrected chi connectivity index (χ0v) is 15.0. The molecule has 2 amide bonds. The molecule has 0 atom stereocenters. The maximum atomic E-state index is 11.9. The van der Waals surface area contributed by atoms with Gasteiger partial charge in [-0.05, 0) is 49.1 Å². The van der Waals surface area contributed by atoms with Crippen LogP contribution in [0, 0.1) is 6.92 Å². The number of benzene rings is 2. The van der Waals surface area contributed by atoms with Crippen molar-refractivity contribution >= 4 is 23.2 Å². The van der Waals surface area contributed by atoms with Gasteiger partial charge in [-0.15, -0.1) is 0 Å². The van der Waals surface area contributed by atoms with E-state index >= 15 is 0 Å². The van der Waals surface area contributed by atoms with Gasteiger partial charge in [-0.25, -0.2) is 0 Å². The highest BCUT2D eigenvalue weighted by Gasteiger charge is 2.13. The second-order valence-electron chi connectivity index (χ2n) is 6.19. The van der Waals surface area contributed by atoms with E-state index in [1.807, 2.05) is 39.2 Å². The molecule has 0 saturated carbocycles. The monoisotopic (exact) mass is 339 g/mol. The number of aryl methyl sites for hydroxylation is 2. The molecule has 2 aromatic rings. The van der Waals surface area contributed by atoms with Gasteiger partial charge < -0.3 is 15.5 Å². The molecule has 0 fully saturated rings. The first-order valence-corrected chi connectivity index (χ1v) is 8.38. The van der Waals surface area contributed by atoms with Crippen LogP contribution in [0.4, 0.5) is 11.4 Å². The van der Waals surface area contributed by atoms with Crippen molar-refractivity contribution in [3.63, 3.8) is 0 Å². The summed E-state index contributed by atoms with van der Waals surface area (Å²) in [6.07, 6.45) is 1.64. The lowest BCUT2D eigenvalue weighted by atomic mass is 10.1. The smallest absolute Gasteiger partial charge is 0.313 e. The summed E-state index contributed by atoms with van der Waals surface area (Å²) in [6, 6.07) is 15.7. The van der Waals surface area contributed by atoms with Crippen molar-refractivity contribution < 1.29 is 9.59 Å². The Hall–Kier alpha value is -2.82. The predicted octanol–water partition coefficient (Wildman–Crippen LogP) is 2.75. The minimum Gasteiger partial charge on any atom is -0.378 e. The number of hydrogen-bond donors (Lipinski definition) is 2. The molecule has 2 aromatic carbocycles. The van der Waals surface area contributed by atoms with Crippen molar-refractivity contribution in [2.45, 2.75) is 19.8 Å². The molecule has 0 radical (unpaired) electrons. The molecule has 0 heterocycles. The van der Waals surface area contributed by atoms with Crippen LogP contribution in [0.25, 0.3) is 0 Å². The first kappa shape index (κ1) is 18.5. The van der Waals surface area contributed by atoms with E-state index in [1.165, 1.54) is 5.56 Å². The van der Waals surface area contributed by atoms with Crippen LogP contribution in [-0.2, 0) is 16.0 Å². The summed E-state index contributed by atoms with van der Waals surface area (Å²) in [7, 11) is 4.01. The van der Waals surface area contributed by atoms with Gasteiger partial charge in [0.15, 0.2) is 0 Å². The van der Waals surface area contributed by atoms with Crippen molar-refractivity contribution in [1.82, 2.24) is 5.32 Å². The second-order valence-corrected chi connectivity index (χ2v) is 6.19. The van der Waals surface area contributed by atoms with E-state index in [9.17, 15) is 9.59 Å². The van der Waals surface area contributed by atoms with E-state index in [2.05, 4.69) is 39.8 Å². The topological polar surface area (TPSA) is 61.4 Å².